The summed E-state index contributed by atoms with van der Waals surface area (Å²) in [5.74, 6) is 0.346. The molecule has 1 saturated heterocycles. The lowest BCUT2D eigenvalue weighted by molar-refractivity contribution is -0.126. The Labute approximate surface area is 113 Å². The molecule has 0 N–H and O–H groups in total. The van der Waals surface area contributed by atoms with E-state index < -0.39 is 0 Å². The second-order valence-electron chi connectivity index (χ2n) is 5.56. The normalized spacial score (nSPS) is 30.1. The van der Waals surface area contributed by atoms with E-state index in [1.165, 1.54) is 11.1 Å². The summed E-state index contributed by atoms with van der Waals surface area (Å²) in [6.45, 7) is 3.32. The van der Waals surface area contributed by atoms with Gasteiger partial charge in [-0.3, -0.25) is 4.79 Å². The van der Waals surface area contributed by atoms with Crippen molar-refractivity contribution in [2.75, 3.05) is 13.2 Å². The molecule has 0 radical (unpaired) electrons. The van der Waals surface area contributed by atoms with Crippen LogP contribution in [-0.2, 0) is 20.7 Å². The summed E-state index contributed by atoms with van der Waals surface area (Å²) in [6.07, 6.45) is 2.44. The quantitative estimate of drug-likeness (QED) is 0.838. The van der Waals surface area contributed by atoms with Crippen molar-refractivity contribution in [3.05, 3.63) is 35.4 Å². The van der Waals surface area contributed by atoms with Crippen LogP contribution in [0.1, 0.15) is 37.0 Å². The highest BCUT2D eigenvalue weighted by molar-refractivity contribution is 5.82. The molecule has 3 atom stereocenters. The molecule has 2 aliphatic rings. The molecule has 2 heterocycles. The van der Waals surface area contributed by atoms with Gasteiger partial charge >= 0.3 is 0 Å². The fourth-order valence-electron chi connectivity index (χ4n) is 3.04. The first-order valence-electron chi connectivity index (χ1n) is 7.08. The predicted octanol–water partition coefficient (Wildman–Crippen LogP) is 2.68. The van der Waals surface area contributed by atoms with Crippen molar-refractivity contribution in [2.45, 2.75) is 38.4 Å². The minimum absolute atomic E-state index is 0.0617. The summed E-state index contributed by atoms with van der Waals surface area (Å²) in [7, 11) is 0. The van der Waals surface area contributed by atoms with Crippen LogP contribution in [0.2, 0.25) is 0 Å². The molecule has 1 aromatic rings. The largest absolute Gasteiger partial charge is 0.378 e. The standard InChI is InChI=1S/C16H20O3/c1-11-8-13(10-19-11)15(17)9-16-14-5-3-2-4-12(14)6-7-18-16/h2-5,11,13,16H,6-10H2,1H3. The number of fused-ring (bicyclic) bond motifs is 1. The molecule has 0 spiro atoms. The second kappa shape index (κ2) is 5.43. The zero-order valence-electron chi connectivity index (χ0n) is 11.3. The van der Waals surface area contributed by atoms with E-state index in [4.69, 9.17) is 9.47 Å². The molecule has 1 fully saturated rings. The highest BCUT2D eigenvalue weighted by Crippen LogP contribution is 2.32. The zero-order chi connectivity index (χ0) is 13.2. The monoisotopic (exact) mass is 260 g/mol. The number of rotatable bonds is 3. The van der Waals surface area contributed by atoms with Gasteiger partial charge in [0.1, 0.15) is 5.78 Å². The van der Waals surface area contributed by atoms with Crippen molar-refractivity contribution in [1.29, 1.82) is 0 Å². The van der Waals surface area contributed by atoms with Crippen molar-refractivity contribution in [2.24, 2.45) is 5.92 Å². The smallest absolute Gasteiger partial charge is 0.141 e. The minimum atomic E-state index is -0.0617. The molecule has 0 bridgehead atoms. The molecule has 3 unspecified atom stereocenters. The zero-order valence-corrected chi connectivity index (χ0v) is 11.3. The maximum Gasteiger partial charge on any atom is 0.141 e. The van der Waals surface area contributed by atoms with Crippen molar-refractivity contribution in [1.82, 2.24) is 0 Å². The molecule has 2 aliphatic heterocycles. The highest BCUT2D eigenvalue weighted by atomic mass is 16.5. The van der Waals surface area contributed by atoms with Gasteiger partial charge in [0.25, 0.3) is 0 Å². The lowest BCUT2D eigenvalue weighted by atomic mass is 9.90. The number of ketones is 1. The SMILES string of the molecule is CC1CC(C(=O)CC2OCCc3ccccc32)CO1. The molecule has 0 amide bonds. The molecule has 3 rings (SSSR count). The maximum absolute atomic E-state index is 12.3. The van der Waals surface area contributed by atoms with Gasteiger partial charge in [0, 0.05) is 12.3 Å². The number of carbonyl (C=O) groups excluding carboxylic acids is 1. The van der Waals surface area contributed by atoms with Crippen molar-refractivity contribution in [3.63, 3.8) is 0 Å². The Bertz CT molecular complexity index is 469. The maximum atomic E-state index is 12.3. The Hall–Kier alpha value is -1.19. The van der Waals surface area contributed by atoms with Crippen LogP contribution < -0.4 is 0 Å². The molecule has 102 valence electrons. The highest BCUT2D eigenvalue weighted by Gasteiger charge is 2.31. The number of ether oxygens (including phenoxy) is 2. The first-order chi connectivity index (χ1) is 9.24. The second-order valence-corrected chi connectivity index (χ2v) is 5.56. The third kappa shape index (κ3) is 2.72. The number of hydrogen-bond donors (Lipinski definition) is 0. The summed E-state index contributed by atoms with van der Waals surface area (Å²) < 4.78 is 11.3. The summed E-state index contributed by atoms with van der Waals surface area (Å²) in [4.78, 5) is 12.3. The molecule has 3 nitrogen and oxygen atoms in total. The minimum Gasteiger partial charge on any atom is -0.378 e. The first-order valence-corrected chi connectivity index (χ1v) is 7.08. The molecule has 0 aliphatic carbocycles. The molecule has 3 heteroatoms. The third-order valence-corrected chi connectivity index (χ3v) is 4.13. The Morgan fingerprint density at radius 3 is 2.95 bits per heavy atom. The van der Waals surface area contributed by atoms with Crippen LogP contribution in [0.3, 0.4) is 0 Å². The van der Waals surface area contributed by atoms with Crippen molar-refractivity contribution >= 4 is 5.78 Å². The van der Waals surface area contributed by atoms with E-state index in [1.54, 1.807) is 0 Å². The lowest BCUT2D eigenvalue weighted by Crippen LogP contribution is -2.23. The van der Waals surface area contributed by atoms with E-state index in [-0.39, 0.29) is 23.9 Å². The van der Waals surface area contributed by atoms with Crippen LogP contribution in [0.15, 0.2) is 24.3 Å². The van der Waals surface area contributed by atoms with Gasteiger partial charge in [0.05, 0.1) is 25.4 Å². The van der Waals surface area contributed by atoms with Crippen LogP contribution in [0.5, 0.6) is 0 Å². The van der Waals surface area contributed by atoms with E-state index in [2.05, 4.69) is 18.2 Å². The fraction of sp³-hybridized carbons (Fsp3) is 0.562. The molecular formula is C16H20O3. The van der Waals surface area contributed by atoms with Gasteiger partial charge in [0.15, 0.2) is 0 Å². The van der Waals surface area contributed by atoms with Crippen molar-refractivity contribution < 1.29 is 14.3 Å². The molecule has 0 aromatic heterocycles. The molecule has 1 aromatic carbocycles. The van der Waals surface area contributed by atoms with Crippen LogP contribution in [0.25, 0.3) is 0 Å². The number of hydrogen-bond acceptors (Lipinski definition) is 3. The van der Waals surface area contributed by atoms with Crippen LogP contribution in [0.4, 0.5) is 0 Å². The number of Topliss-reactive ketones (excluding diaryl/α,β-unsaturated/α-hetero) is 1. The van der Waals surface area contributed by atoms with Crippen molar-refractivity contribution in [3.8, 4) is 0 Å². The average molecular weight is 260 g/mol. The lowest BCUT2D eigenvalue weighted by Gasteiger charge is -2.26. The fourth-order valence-corrected chi connectivity index (χ4v) is 3.04. The number of carbonyl (C=O) groups is 1. The van der Waals surface area contributed by atoms with E-state index >= 15 is 0 Å². The third-order valence-electron chi connectivity index (χ3n) is 4.13. The van der Waals surface area contributed by atoms with Crippen LogP contribution >= 0.6 is 0 Å². The Kier molecular flexibility index (Phi) is 3.67. The number of benzene rings is 1. The van der Waals surface area contributed by atoms with E-state index in [0.717, 1.165) is 12.8 Å². The van der Waals surface area contributed by atoms with E-state index in [1.807, 2.05) is 13.0 Å². The van der Waals surface area contributed by atoms with Gasteiger partial charge in [-0.25, -0.2) is 0 Å². The van der Waals surface area contributed by atoms with E-state index in [9.17, 15) is 4.79 Å². The van der Waals surface area contributed by atoms with Crippen LogP contribution in [0, 0.1) is 5.92 Å². The van der Waals surface area contributed by atoms with Gasteiger partial charge in [-0.05, 0) is 30.9 Å². The summed E-state index contributed by atoms with van der Waals surface area (Å²) in [5.41, 5.74) is 2.51. The Morgan fingerprint density at radius 2 is 2.16 bits per heavy atom. The Balaban J connectivity index is 1.69. The average Bonchev–Trinajstić information content (AvgIpc) is 2.86. The van der Waals surface area contributed by atoms with E-state index in [0.29, 0.717) is 19.6 Å². The van der Waals surface area contributed by atoms with Gasteiger partial charge in [-0.2, -0.15) is 0 Å². The summed E-state index contributed by atoms with van der Waals surface area (Å²) in [6, 6.07) is 8.29. The first kappa shape index (κ1) is 12.8. The molecule has 0 saturated carbocycles. The van der Waals surface area contributed by atoms with Gasteiger partial charge in [0.2, 0.25) is 0 Å². The summed E-state index contributed by atoms with van der Waals surface area (Å²) >= 11 is 0. The molecular weight excluding hydrogens is 240 g/mol. The van der Waals surface area contributed by atoms with Gasteiger partial charge in [-0.15, -0.1) is 0 Å². The van der Waals surface area contributed by atoms with Crippen LogP contribution in [-0.4, -0.2) is 25.1 Å². The van der Waals surface area contributed by atoms with Gasteiger partial charge < -0.3 is 9.47 Å². The Morgan fingerprint density at radius 1 is 1.32 bits per heavy atom. The molecule has 19 heavy (non-hydrogen) atoms. The topological polar surface area (TPSA) is 35.5 Å². The predicted molar refractivity (Wildman–Crippen MR) is 72.0 cm³/mol. The van der Waals surface area contributed by atoms with Gasteiger partial charge in [-0.1, -0.05) is 24.3 Å². The summed E-state index contributed by atoms with van der Waals surface area (Å²) in [5, 5.41) is 0.